The summed E-state index contributed by atoms with van der Waals surface area (Å²) in [4.78, 5) is 53.6. The van der Waals surface area contributed by atoms with Crippen LogP contribution < -0.4 is 11.1 Å². The van der Waals surface area contributed by atoms with Gasteiger partial charge in [0.25, 0.3) is 5.91 Å². The number of hydrogen-bond acceptors (Lipinski definition) is 5. The summed E-state index contributed by atoms with van der Waals surface area (Å²) in [5.74, 6) is -1.03. The summed E-state index contributed by atoms with van der Waals surface area (Å²) in [7, 11) is 0. The molecule has 0 radical (unpaired) electrons. The average molecular weight is 435 g/mol. The molecule has 8 nitrogen and oxygen atoms in total. The third-order valence-electron chi connectivity index (χ3n) is 6.07. The lowest BCUT2D eigenvalue weighted by Crippen LogP contribution is -2.63. The molecule has 0 bridgehead atoms. The Morgan fingerprint density at radius 3 is 2.53 bits per heavy atom. The number of rotatable bonds is 6. The van der Waals surface area contributed by atoms with Crippen LogP contribution in [0.4, 0.5) is 0 Å². The van der Waals surface area contributed by atoms with E-state index >= 15 is 0 Å². The molecule has 2 aliphatic rings. The molecule has 1 aliphatic carbocycles. The molecule has 0 spiro atoms. The van der Waals surface area contributed by atoms with E-state index in [0.717, 1.165) is 25.7 Å². The highest BCUT2D eigenvalue weighted by Gasteiger charge is 2.38. The summed E-state index contributed by atoms with van der Waals surface area (Å²) in [6.45, 7) is 2.18. The molecule has 164 valence electrons. The van der Waals surface area contributed by atoms with E-state index in [9.17, 15) is 19.2 Å². The molecule has 2 atom stereocenters. The zero-order valence-electron chi connectivity index (χ0n) is 17.3. The summed E-state index contributed by atoms with van der Waals surface area (Å²) in [5, 5.41) is 4.59. The zero-order valence-corrected chi connectivity index (χ0v) is 18.2. The van der Waals surface area contributed by atoms with Gasteiger partial charge in [0.2, 0.25) is 17.7 Å². The minimum atomic E-state index is -0.856. The van der Waals surface area contributed by atoms with Crippen molar-refractivity contribution in [2.45, 2.75) is 57.5 Å². The van der Waals surface area contributed by atoms with Gasteiger partial charge in [-0.1, -0.05) is 38.2 Å². The second-order valence-corrected chi connectivity index (χ2v) is 9.11. The van der Waals surface area contributed by atoms with Gasteiger partial charge < -0.3 is 20.9 Å². The smallest absolute Gasteiger partial charge is 0.264 e. The molecule has 0 unspecified atom stereocenters. The molecule has 1 saturated carbocycles. The van der Waals surface area contributed by atoms with Crippen LogP contribution in [0.25, 0.3) is 0 Å². The SMILES string of the molecule is CC(=O)N1CCN(C(=O)c2cccs2)[C@H](C(=O)N[C@@H](CC2CCCCC2)C(N)=O)C1. The van der Waals surface area contributed by atoms with Crippen LogP contribution in [0, 0.1) is 5.92 Å². The maximum Gasteiger partial charge on any atom is 0.264 e. The molecule has 2 fully saturated rings. The van der Waals surface area contributed by atoms with Gasteiger partial charge in [-0.2, -0.15) is 0 Å². The Morgan fingerprint density at radius 1 is 1.20 bits per heavy atom. The fraction of sp³-hybridized carbons (Fsp3) is 0.619. The standard InChI is InChI=1S/C21H30N4O4S/c1-14(26)24-9-10-25(21(29)18-8-5-11-30-18)17(13-24)20(28)23-16(19(22)27)12-15-6-3-2-4-7-15/h5,8,11,15-17H,2-4,6-7,9-10,12-13H2,1H3,(H2,22,27)(H,23,28)/t16-,17-/m0/s1. The van der Waals surface area contributed by atoms with E-state index in [4.69, 9.17) is 5.73 Å². The fourth-order valence-corrected chi connectivity index (χ4v) is 5.03. The minimum absolute atomic E-state index is 0.104. The number of carbonyl (C=O) groups is 4. The van der Waals surface area contributed by atoms with Crippen LogP contribution in [-0.2, 0) is 14.4 Å². The predicted molar refractivity (Wildman–Crippen MR) is 114 cm³/mol. The van der Waals surface area contributed by atoms with Gasteiger partial charge >= 0.3 is 0 Å². The first-order chi connectivity index (χ1) is 14.4. The molecule has 3 N–H and O–H groups in total. The maximum atomic E-state index is 13.2. The second-order valence-electron chi connectivity index (χ2n) is 8.16. The van der Waals surface area contributed by atoms with Crippen molar-refractivity contribution in [3.8, 4) is 0 Å². The second kappa shape index (κ2) is 10.1. The third-order valence-corrected chi connectivity index (χ3v) is 6.93. The van der Waals surface area contributed by atoms with E-state index in [2.05, 4.69) is 5.32 Å². The highest BCUT2D eigenvalue weighted by Crippen LogP contribution is 2.27. The van der Waals surface area contributed by atoms with E-state index in [1.54, 1.807) is 22.4 Å². The Kier molecular flexibility index (Phi) is 7.47. The molecule has 2 heterocycles. The van der Waals surface area contributed by atoms with Crippen LogP contribution in [0.15, 0.2) is 17.5 Å². The van der Waals surface area contributed by atoms with Crippen molar-refractivity contribution in [2.75, 3.05) is 19.6 Å². The summed E-state index contributed by atoms with van der Waals surface area (Å²) in [6.07, 6.45) is 6.04. The number of amides is 4. The number of piperazine rings is 1. The monoisotopic (exact) mass is 434 g/mol. The average Bonchev–Trinajstić information content (AvgIpc) is 3.27. The summed E-state index contributed by atoms with van der Waals surface area (Å²) in [5.41, 5.74) is 5.58. The number of nitrogens with zero attached hydrogens (tertiary/aromatic N) is 2. The number of nitrogens with one attached hydrogen (secondary N) is 1. The van der Waals surface area contributed by atoms with Gasteiger partial charge in [-0.15, -0.1) is 11.3 Å². The van der Waals surface area contributed by atoms with Crippen molar-refractivity contribution in [1.82, 2.24) is 15.1 Å². The molecule has 3 rings (SSSR count). The summed E-state index contributed by atoms with van der Waals surface area (Å²) in [6, 6.07) is 1.87. The first kappa shape index (κ1) is 22.3. The number of primary amides is 1. The lowest BCUT2D eigenvalue weighted by atomic mass is 9.84. The van der Waals surface area contributed by atoms with E-state index < -0.39 is 23.9 Å². The van der Waals surface area contributed by atoms with Crippen molar-refractivity contribution in [3.63, 3.8) is 0 Å². The lowest BCUT2D eigenvalue weighted by molar-refractivity contribution is -0.137. The summed E-state index contributed by atoms with van der Waals surface area (Å²) >= 11 is 1.31. The van der Waals surface area contributed by atoms with E-state index in [1.165, 1.54) is 29.6 Å². The van der Waals surface area contributed by atoms with Crippen LogP contribution in [0.2, 0.25) is 0 Å². The van der Waals surface area contributed by atoms with Crippen molar-refractivity contribution in [3.05, 3.63) is 22.4 Å². The van der Waals surface area contributed by atoms with Gasteiger partial charge in [0.15, 0.2) is 0 Å². The Labute approximate surface area is 180 Å². The highest BCUT2D eigenvalue weighted by atomic mass is 32.1. The zero-order chi connectivity index (χ0) is 21.7. The van der Waals surface area contributed by atoms with Crippen LogP contribution >= 0.6 is 11.3 Å². The number of hydrogen-bond donors (Lipinski definition) is 2. The van der Waals surface area contributed by atoms with Gasteiger partial charge in [-0.3, -0.25) is 19.2 Å². The molecule has 4 amide bonds. The summed E-state index contributed by atoms with van der Waals surface area (Å²) < 4.78 is 0. The van der Waals surface area contributed by atoms with Crippen molar-refractivity contribution in [2.24, 2.45) is 11.7 Å². The normalized spacial score (nSPS) is 21.2. The van der Waals surface area contributed by atoms with Gasteiger partial charge in [0, 0.05) is 20.0 Å². The van der Waals surface area contributed by atoms with E-state index in [1.807, 2.05) is 0 Å². The van der Waals surface area contributed by atoms with Crippen LogP contribution in [0.3, 0.4) is 0 Å². The molecular weight excluding hydrogens is 404 g/mol. The Bertz CT molecular complexity index is 776. The Hall–Kier alpha value is -2.42. The minimum Gasteiger partial charge on any atom is -0.368 e. The van der Waals surface area contributed by atoms with Gasteiger partial charge in [0.1, 0.15) is 12.1 Å². The van der Waals surface area contributed by atoms with Crippen molar-refractivity contribution in [1.29, 1.82) is 0 Å². The highest BCUT2D eigenvalue weighted by molar-refractivity contribution is 7.12. The Morgan fingerprint density at radius 2 is 1.93 bits per heavy atom. The van der Waals surface area contributed by atoms with E-state index in [0.29, 0.717) is 23.8 Å². The molecule has 0 aromatic carbocycles. The largest absolute Gasteiger partial charge is 0.368 e. The maximum absolute atomic E-state index is 13.2. The van der Waals surface area contributed by atoms with Crippen LogP contribution in [-0.4, -0.2) is 65.1 Å². The first-order valence-corrected chi connectivity index (χ1v) is 11.4. The molecule has 1 aromatic rings. The van der Waals surface area contributed by atoms with Crippen molar-refractivity contribution >= 4 is 35.0 Å². The Balaban J connectivity index is 1.74. The van der Waals surface area contributed by atoms with Crippen molar-refractivity contribution < 1.29 is 19.2 Å². The predicted octanol–water partition coefficient (Wildman–Crippen LogP) is 1.36. The quantitative estimate of drug-likeness (QED) is 0.704. The van der Waals surface area contributed by atoms with Crippen LogP contribution in [0.5, 0.6) is 0 Å². The molecule has 1 saturated heterocycles. The topological polar surface area (TPSA) is 113 Å². The van der Waals surface area contributed by atoms with Gasteiger partial charge in [-0.25, -0.2) is 0 Å². The fourth-order valence-electron chi connectivity index (χ4n) is 4.35. The molecular formula is C21H30N4O4S. The number of carbonyl (C=O) groups excluding carboxylic acids is 4. The van der Waals surface area contributed by atoms with Crippen LogP contribution in [0.1, 0.15) is 55.1 Å². The number of thiophene rings is 1. The first-order valence-electron chi connectivity index (χ1n) is 10.6. The third kappa shape index (κ3) is 5.38. The molecule has 1 aromatic heterocycles. The number of nitrogens with two attached hydrogens (primary N) is 1. The lowest BCUT2D eigenvalue weighted by Gasteiger charge is -2.40. The van der Waals surface area contributed by atoms with E-state index in [-0.39, 0.29) is 24.9 Å². The van der Waals surface area contributed by atoms with Gasteiger partial charge in [-0.05, 0) is 23.8 Å². The molecule has 1 aliphatic heterocycles. The molecule has 9 heteroatoms. The van der Waals surface area contributed by atoms with Gasteiger partial charge in [0.05, 0.1) is 11.4 Å². The molecule has 30 heavy (non-hydrogen) atoms.